The lowest BCUT2D eigenvalue weighted by atomic mass is 10.2. The molecule has 0 saturated heterocycles. The van der Waals surface area contributed by atoms with Crippen molar-refractivity contribution in [1.29, 1.82) is 0 Å². The van der Waals surface area contributed by atoms with Gasteiger partial charge < -0.3 is 0 Å². The molecule has 0 heterocycles. The quantitative estimate of drug-likeness (QED) is 0.356. The highest BCUT2D eigenvalue weighted by Gasteiger charge is 2.20. The third kappa shape index (κ3) is 5.60. The van der Waals surface area contributed by atoms with Crippen molar-refractivity contribution in [2.75, 3.05) is 0 Å². The second kappa shape index (κ2) is 8.16. The first-order valence-corrected chi connectivity index (χ1v) is 7.03. The van der Waals surface area contributed by atoms with Crippen molar-refractivity contribution in [1.82, 2.24) is 11.0 Å². The maximum Gasteiger partial charge on any atom is 0.256 e. The molecule has 1 rings (SSSR count). The van der Waals surface area contributed by atoms with Crippen molar-refractivity contribution in [3.8, 4) is 0 Å². The van der Waals surface area contributed by atoms with Crippen LogP contribution in [0.25, 0.3) is 0 Å². The number of hydrogen-bond acceptors (Lipinski definition) is 5. The Morgan fingerprint density at radius 3 is 2.37 bits per heavy atom. The number of carbonyl (C=O) groups excluding carboxylic acids is 2. The summed E-state index contributed by atoms with van der Waals surface area (Å²) in [5, 5.41) is 16.5. The minimum Gasteiger partial charge on any atom is -0.289 e. The van der Waals surface area contributed by atoms with Gasteiger partial charge in [-0.3, -0.25) is 20.0 Å². The molecule has 0 bridgehead atoms. The minimum absolute atomic E-state index is 0.0158. The van der Waals surface area contributed by atoms with Gasteiger partial charge in [-0.2, -0.15) is 0 Å². The summed E-state index contributed by atoms with van der Waals surface area (Å²) in [5.41, 5.74) is 3.08. The van der Waals surface area contributed by atoms with E-state index < -0.39 is 17.1 Å². The molecule has 6 nitrogen and oxygen atoms in total. The van der Waals surface area contributed by atoms with E-state index in [1.54, 1.807) is 5.48 Å². The summed E-state index contributed by atoms with van der Waals surface area (Å²) in [6.45, 7) is 0. The molecule has 0 fully saturated rings. The normalized spacial score (nSPS) is 11.7. The fourth-order valence-corrected chi connectivity index (χ4v) is 2.59. The van der Waals surface area contributed by atoms with E-state index >= 15 is 0 Å². The first kappa shape index (κ1) is 16.0. The number of nitrogens with one attached hydrogen (secondary N) is 2. The van der Waals surface area contributed by atoms with Crippen LogP contribution >= 0.6 is 27.7 Å². The highest BCUT2D eigenvalue weighted by atomic mass is 79.9. The average Bonchev–Trinajstić information content (AvgIpc) is 2.44. The molecule has 2 amide bonds. The molecule has 0 spiro atoms. The minimum atomic E-state index is -0.622. The van der Waals surface area contributed by atoms with Crippen LogP contribution in [-0.2, 0) is 9.59 Å². The zero-order valence-electron chi connectivity index (χ0n) is 9.80. The molecule has 1 atom stereocenters. The number of carbonyl (C=O) groups is 2. The van der Waals surface area contributed by atoms with Crippen LogP contribution in [0.3, 0.4) is 0 Å². The predicted molar refractivity (Wildman–Crippen MR) is 72.9 cm³/mol. The molecule has 1 unspecified atom stereocenters. The zero-order chi connectivity index (χ0) is 14.3. The fraction of sp³-hybridized carbons (Fsp3) is 0.273. The number of halogens is 1. The maximum atomic E-state index is 11.5. The van der Waals surface area contributed by atoms with Crippen molar-refractivity contribution in [2.24, 2.45) is 0 Å². The van der Waals surface area contributed by atoms with Gasteiger partial charge in [0, 0.05) is 15.8 Å². The largest absolute Gasteiger partial charge is 0.289 e. The van der Waals surface area contributed by atoms with E-state index in [1.807, 2.05) is 24.3 Å². The molecule has 0 aromatic heterocycles. The molecule has 0 aliphatic heterocycles. The van der Waals surface area contributed by atoms with Gasteiger partial charge in [0.25, 0.3) is 5.91 Å². The van der Waals surface area contributed by atoms with Gasteiger partial charge in [0.15, 0.2) is 0 Å². The molecule has 1 aromatic carbocycles. The third-order valence-electron chi connectivity index (χ3n) is 2.25. The van der Waals surface area contributed by atoms with Gasteiger partial charge in [0.05, 0.1) is 5.25 Å². The molecule has 0 radical (unpaired) electrons. The first-order valence-electron chi connectivity index (χ1n) is 5.36. The monoisotopic (exact) mass is 348 g/mol. The van der Waals surface area contributed by atoms with Crippen LogP contribution in [0.4, 0.5) is 0 Å². The number of rotatable bonds is 6. The Morgan fingerprint density at radius 1 is 1.21 bits per heavy atom. The SMILES string of the molecule is O=C(CCC(Sc1ccc(Br)cc1)C(=O)NO)NO. The van der Waals surface area contributed by atoms with E-state index in [-0.39, 0.29) is 12.8 Å². The lowest BCUT2D eigenvalue weighted by Crippen LogP contribution is -2.31. The Bertz CT molecular complexity index is 441. The Hall–Kier alpha value is -1.09. The van der Waals surface area contributed by atoms with Crippen molar-refractivity contribution in [3.05, 3.63) is 28.7 Å². The van der Waals surface area contributed by atoms with Gasteiger partial charge >= 0.3 is 0 Å². The lowest BCUT2D eigenvalue weighted by Gasteiger charge is -2.13. The highest BCUT2D eigenvalue weighted by Crippen LogP contribution is 2.27. The number of benzene rings is 1. The summed E-state index contributed by atoms with van der Waals surface area (Å²) in [4.78, 5) is 23.3. The molecule has 104 valence electrons. The maximum absolute atomic E-state index is 11.5. The molecule has 0 aliphatic rings. The summed E-state index contributed by atoms with van der Waals surface area (Å²) < 4.78 is 0.916. The van der Waals surface area contributed by atoms with Crippen LogP contribution in [0.1, 0.15) is 12.8 Å². The summed E-state index contributed by atoms with van der Waals surface area (Å²) in [6.07, 6.45) is 0.178. The van der Waals surface area contributed by atoms with E-state index in [9.17, 15) is 9.59 Å². The van der Waals surface area contributed by atoms with Gasteiger partial charge in [-0.1, -0.05) is 15.9 Å². The summed E-state index contributed by atoms with van der Waals surface area (Å²) >= 11 is 4.53. The number of hydroxylamine groups is 2. The molecular weight excluding hydrogens is 336 g/mol. The molecule has 19 heavy (non-hydrogen) atoms. The van der Waals surface area contributed by atoms with Crippen LogP contribution in [-0.4, -0.2) is 27.5 Å². The second-order valence-electron chi connectivity index (χ2n) is 3.61. The smallest absolute Gasteiger partial charge is 0.256 e. The van der Waals surface area contributed by atoms with Crippen molar-refractivity contribution in [2.45, 2.75) is 23.0 Å². The van der Waals surface area contributed by atoms with E-state index in [2.05, 4.69) is 15.9 Å². The van der Waals surface area contributed by atoms with Gasteiger partial charge in [-0.05, 0) is 30.7 Å². The standard InChI is InChI=1S/C11H13BrN2O4S/c12-7-1-3-8(4-2-7)19-9(11(16)14-18)5-6-10(15)13-17/h1-4,9,17-18H,5-6H2,(H,13,15)(H,14,16). The predicted octanol–water partition coefficient (Wildman–Crippen LogP) is 1.70. The molecular formula is C11H13BrN2O4S. The zero-order valence-corrected chi connectivity index (χ0v) is 12.2. The van der Waals surface area contributed by atoms with Crippen LogP contribution in [0.15, 0.2) is 33.6 Å². The third-order valence-corrected chi connectivity index (χ3v) is 4.06. The van der Waals surface area contributed by atoms with E-state index in [0.29, 0.717) is 0 Å². The van der Waals surface area contributed by atoms with Gasteiger partial charge in [0.1, 0.15) is 0 Å². The Kier molecular flexibility index (Phi) is 6.85. The van der Waals surface area contributed by atoms with Crippen molar-refractivity contribution in [3.63, 3.8) is 0 Å². The van der Waals surface area contributed by atoms with Gasteiger partial charge in [-0.25, -0.2) is 11.0 Å². The summed E-state index contributed by atoms with van der Waals surface area (Å²) in [6, 6.07) is 7.30. The summed E-state index contributed by atoms with van der Waals surface area (Å²) in [7, 11) is 0. The van der Waals surface area contributed by atoms with E-state index in [1.165, 1.54) is 17.2 Å². The highest BCUT2D eigenvalue weighted by molar-refractivity contribution is 9.10. The first-order chi connectivity index (χ1) is 9.06. The van der Waals surface area contributed by atoms with Crippen molar-refractivity contribution < 1.29 is 20.0 Å². The summed E-state index contributed by atoms with van der Waals surface area (Å²) in [5.74, 6) is -1.16. The number of hydrogen-bond donors (Lipinski definition) is 4. The lowest BCUT2D eigenvalue weighted by molar-refractivity contribution is -0.130. The molecule has 1 aromatic rings. The topological polar surface area (TPSA) is 98.7 Å². The van der Waals surface area contributed by atoms with E-state index in [0.717, 1.165) is 9.37 Å². The van der Waals surface area contributed by atoms with E-state index in [4.69, 9.17) is 10.4 Å². The van der Waals surface area contributed by atoms with Crippen LogP contribution in [0.2, 0.25) is 0 Å². The Morgan fingerprint density at radius 2 is 1.84 bits per heavy atom. The second-order valence-corrected chi connectivity index (χ2v) is 5.80. The fourth-order valence-electron chi connectivity index (χ4n) is 1.31. The molecule has 0 saturated carbocycles. The molecule has 4 N–H and O–H groups in total. The number of thioether (sulfide) groups is 1. The molecule has 8 heteroatoms. The van der Waals surface area contributed by atoms with Crippen molar-refractivity contribution >= 4 is 39.5 Å². The number of amides is 2. The van der Waals surface area contributed by atoms with Gasteiger partial charge in [-0.15, -0.1) is 11.8 Å². The van der Waals surface area contributed by atoms with Gasteiger partial charge in [0.2, 0.25) is 5.91 Å². The van der Waals surface area contributed by atoms with Crippen LogP contribution in [0.5, 0.6) is 0 Å². The molecule has 0 aliphatic carbocycles. The average molecular weight is 349 g/mol. The Labute approximate surface area is 122 Å². The van der Waals surface area contributed by atoms with Crippen LogP contribution < -0.4 is 11.0 Å². The Balaban J connectivity index is 2.66. The van der Waals surface area contributed by atoms with Crippen LogP contribution in [0, 0.1) is 0 Å².